The van der Waals surface area contributed by atoms with Gasteiger partial charge in [0.15, 0.2) is 5.96 Å². The minimum absolute atomic E-state index is 0.700. The standard InChI is InChI=1S/C18H25BrN4O/c1-5-20-18(21-11-10-16-13(2)22-24-14(16)3)23(4)12-15-8-6-7-9-17(15)19/h6-9H,5,10-12H2,1-4H3,(H,20,21). The average molecular weight is 393 g/mol. The van der Waals surface area contributed by atoms with Crippen LogP contribution in [0, 0.1) is 13.8 Å². The Morgan fingerprint density at radius 2 is 2.08 bits per heavy atom. The van der Waals surface area contributed by atoms with E-state index in [1.807, 2.05) is 19.9 Å². The molecule has 0 aliphatic carbocycles. The van der Waals surface area contributed by atoms with Gasteiger partial charge in [-0.05, 0) is 38.8 Å². The van der Waals surface area contributed by atoms with Crippen LogP contribution in [0.2, 0.25) is 0 Å². The molecule has 0 bridgehead atoms. The second-order valence-electron chi connectivity index (χ2n) is 5.74. The lowest BCUT2D eigenvalue weighted by atomic mass is 10.1. The second-order valence-corrected chi connectivity index (χ2v) is 6.59. The van der Waals surface area contributed by atoms with Gasteiger partial charge in [0, 0.05) is 36.7 Å². The quantitative estimate of drug-likeness (QED) is 0.601. The molecule has 0 spiro atoms. The molecule has 0 saturated carbocycles. The molecule has 0 saturated heterocycles. The van der Waals surface area contributed by atoms with Crippen molar-refractivity contribution in [3.8, 4) is 0 Å². The van der Waals surface area contributed by atoms with Gasteiger partial charge in [0.2, 0.25) is 0 Å². The van der Waals surface area contributed by atoms with E-state index < -0.39 is 0 Å². The molecule has 0 aliphatic rings. The summed E-state index contributed by atoms with van der Waals surface area (Å²) in [6.45, 7) is 8.33. The predicted octanol–water partition coefficient (Wildman–Crippen LogP) is 3.69. The zero-order chi connectivity index (χ0) is 17.5. The fraction of sp³-hybridized carbons (Fsp3) is 0.444. The monoisotopic (exact) mass is 392 g/mol. The molecule has 1 aromatic heterocycles. The summed E-state index contributed by atoms with van der Waals surface area (Å²) in [6.07, 6.45) is 0.832. The first kappa shape index (κ1) is 18.5. The molecule has 2 rings (SSSR count). The minimum Gasteiger partial charge on any atom is -0.361 e. The first-order valence-corrected chi connectivity index (χ1v) is 8.96. The van der Waals surface area contributed by atoms with Crippen LogP contribution in [-0.2, 0) is 13.0 Å². The Kier molecular flexibility index (Phi) is 6.85. The van der Waals surface area contributed by atoms with Crippen LogP contribution in [-0.4, -0.2) is 36.2 Å². The Hall–Kier alpha value is -1.82. The summed E-state index contributed by atoms with van der Waals surface area (Å²) in [5.41, 5.74) is 3.34. The largest absolute Gasteiger partial charge is 0.361 e. The number of benzene rings is 1. The van der Waals surface area contributed by atoms with Gasteiger partial charge in [0.1, 0.15) is 5.76 Å². The molecule has 130 valence electrons. The highest BCUT2D eigenvalue weighted by Gasteiger charge is 2.10. The number of nitrogens with zero attached hydrogens (tertiary/aromatic N) is 3. The van der Waals surface area contributed by atoms with Crippen LogP contribution in [0.4, 0.5) is 0 Å². The number of nitrogens with one attached hydrogen (secondary N) is 1. The molecule has 2 aromatic rings. The van der Waals surface area contributed by atoms with Crippen LogP contribution in [0.1, 0.15) is 29.5 Å². The van der Waals surface area contributed by atoms with Gasteiger partial charge in [-0.1, -0.05) is 39.3 Å². The molecule has 5 nitrogen and oxygen atoms in total. The van der Waals surface area contributed by atoms with E-state index in [1.165, 1.54) is 5.56 Å². The minimum atomic E-state index is 0.700. The molecule has 0 amide bonds. The Morgan fingerprint density at radius 3 is 2.71 bits per heavy atom. The molecule has 0 radical (unpaired) electrons. The van der Waals surface area contributed by atoms with Crippen molar-refractivity contribution in [3.05, 3.63) is 51.3 Å². The van der Waals surface area contributed by atoms with Gasteiger partial charge in [-0.3, -0.25) is 4.99 Å². The van der Waals surface area contributed by atoms with Gasteiger partial charge in [-0.25, -0.2) is 0 Å². The van der Waals surface area contributed by atoms with Crippen molar-refractivity contribution in [3.63, 3.8) is 0 Å². The highest BCUT2D eigenvalue weighted by molar-refractivity contribution is 9.10. The van der Waals surface area contributed by atoms with E-state index in [2.05, 4.69) is 63.5 Å². The number of hydrogen-bond acceptors (Lipinski definition) is 3. The maximum Gasteiger partial charge on any atom is 0.193 e. The van der Waals surface area contributed by atoms with Crippen LogP contribution >= 0.6 is 15.9 Å². The molecule has 1 aromatic carbocycles. The average Bonchev–Trinajstić information content (AvgIpc) is 2.88. The maximum absolute atomic E-state index is 5.21. The van der Waals surface area contributed by atoms with Crippen molar-refractivity contribution in [1.82, 2.24) is 15.4 Å². The summed E-state index contributed by atoms with van der Waals surface area (Å²) < 4.78 is 6.32. The van der Waals surface area contributed by atoms with Crippen LogP contribution < -0.4 is 5.32 Å². The van der Waals surface area contributed by atoms with Crippen molar-refractivity contribution >= 4 is 21.9 Å². The smallest absolute Gasteiger partial charge is 0.193 e. The number of guanidine groups is 1. The van der Waals surface area contributed by atoms with E-state index in [0.29, 0.717) is 6.54 Å². The number of aliphatic imine (C=N–C) groups is 1. The second kappa shape index (κ2) is 8.87. The third-order valence-corrected chi connectivity index (χ3v) is 4.64. The highest BCUT2D eigenvalue weighted by Crippen LogP contribution is 2.17. The summed E-state index contributed by atoms with van der Waals surface area (Å²) in [6, 6.07) is 8.25. The van der Waals surface area contributed by atoms with Crippen molar-refractivity contribution < 1.29 is 4.52 Å². The summed E-state index contributed by atoms with van der Waals surface area (Å²) in [5.74, 6) is 1.79. The predicted molar refractivity (Wildman–Crippen MR) is 101 cm³/mol. The molecule has 0 aliphatic heterocycles. The molecule has 0 unspecified atom stereocenters. The Bertz CT molecular complexity index is 677. The van der Waals surface area contributed by atoms with E-state index in [-0.39, 0.29) is 0 Å². The first-order chi connectivity index (χ1) is 11.5. The van der Waals surface area contributed by atoms with Gasteiger partial charge in [-0.2, -0.15) is 0 Å². The first-order valence-electron chi connectivity index (χ1n) is 8.17. The fourth-order valence-electron chi connectivity index (χ4n) is 2.56. The molecule has 24 heavy (non-hydrogen) atoms. The third-order valence-electron chi connectivity index (χ3n) is 3.87. The van der Waals surface area contributed by atoms with Gasteiger partial charge >= 0.3 is 0 Å². The zero-order valence-corrected chi connectivity index (χ0v) is 16.4. The summed E-state index contributed by atoms with van der Waals surface area (Å²) in [4.78, 5) is 6.88. The molecule has 1 N–H and O–H groups in total. The Balaban J connectivity index is 2.03. The Morgan fingerprint density at radius 1 is 1.33 bits per heavy atom. The summed E-state index contributed by atoms with van der Waals surface area (Å²) >= 11 is 3.60. The van der Waals surface area contributed by atoms with Crippen molar-refractivity contribution in [1.29, 1.82) is 0 Å². The maximum atomic E-state index is 5.21. The van der Waals surface area contributed by atoms with Crippen LogP contribution in [0.3, 0.4) is 0 Å². The van der Waals surface area contributed by atoms with Crippen molar-refractivity contribution in [2.75, 3.05) is 20.1 Å². The zero-order valence-electron chi connectivity index (χ0n) is 14.8. The number of hydrogen-bond donors (Lipinski definition) is 1. The lowest BCUT2D eigenvalue weighted by Gasteiger charge is -2.22. The van der Waals surface area contributed by atoms with E-state index in [0.717, 1.165) is 47.0 Å². The van der Waals surface area contributed by atoms with E-state index in [4.69, 9.17) is 9.52 Å². The van der Waals surface area contributed by atoms with Gasteiger partial charge in [-0.15, -0.1) is 0 Å². The van der Waals surface area contributed by atoms with Crippen LogP contribution in [0.15, 0.2) is 38.3 Å². The fourth-order valence-corrected chi connectivity index (χ4v) is 2.97. The van der Waals surface area contributed by atoms with Gasteiger partial charge in [0.25, 0.3) is 0 Å². The lowest BCUT2D eigenvalue weighted by molar-refractivity contribution is 0.392. The van der Waals surface area contributed by atoms with Crippen LogP contribution in [0.25, 0.3) is 0 Å². The normalized spacial score (nSPS) is 11.6. The number of aromatic nitrogens is 1. The van der Waals surface area contributed by atoms with Crippen molar-refractivity contribution in [2.45, 2.75) is 33.7 Å². The number of rotatable bonds is 6. The third kappa shape index (κ3) is 4.84. The summed E-state index contributed by atoms with van der Waals surface area (Å²) in [5, 5.41) is 7.35. The van der Waals surface area contributed by atoms with Crippen molar-refractivity contribution in [2.24, 2.45) is 4.99 Å². The molecule has 6 heteroatoms. The molecule has 0 fully saturated rings. The van der Waals surface area contributed by atoms with E-state index >= 15 is 0 Å². The Labute approximate surface area is 152 Å². The van der Waals surface area contributed by atoms with E-state index in [1.54, 1.807) is 0 Å². The topological polar surface area (TPSA) is 53.7 Å². The highest BCUT2D eigenvalue weighted by atomic mass is 79.9. The van der Waals surface area contributed by atoms with Crippen LogP contribution in [0.5, 0.6) is 0 Å². The molecule has 1 heterocycles. The van der Waals surface area contributed by atoms with Gasteiger partial charge < -0.3 is 14.7 Å². The van der Waals surface area contributed by atoms with Gasteiger partial charge in [0.05, 0.1) is 5.69 Å². The number of halogens is 1. The number of aryl methyl sites for hydroxylation is 2. The SMILES string of the molecule is CCNC(=NCCc1c(C)noc1C)N(C)Cc1ccccc1Br. The lowest BCUT2D eigenvalue weighted by Crippen LogP contribution is -2.38. The molecular weight excluding hydrogens is 368 g/mol. The molecule has 0 atom stereocenters. The van der Waals surface area contributed by atoms with E-state index in [9.17, 15) is 0 Å². The molecular formula is C18H25BrN4O. The summed E-state index contributed by atoms with van der Waals surface area (Å²) in [7, 11) is 2.05.